The molecule has 0 unspecified atom stereocenters. The number of nitrogens with one attached hydrogen (secondary N) is 1. The van der Waals surface area contributed by atoms with E-state index < -0.39 is 5.91 Å². The molecule has 1 aromatic carbocycles. The van der Waals surface area contributed by atoms with Crippen LogP contribution >= 0.6 is 31.9 Å². The molecule has 0 spiro atoms. The van der Waals surface area contributed by atoms with Gasteiger partial charge in [-0.15, -0.1) is 0 Å². The second-order valence-corrected chi connectivity index (χ2v) is 7.88. The van der Waals surface area contributed by atoms with E-state index in [2.05, 4.69) is 47.4 Å². The molecule has 0 saturated heterocycles. The molecule has 0 saturated carbocycles. The Morgan fingerprint density at radius 1 is 1.39 bits per heavy atom. The van der Waals surface area contributed by atoms with Gasteiger partial charge in [-0.3, -0.25) is 4.79 Å². The molecule has 0 radical (unpaired) electrons. The topological polar surface area (TPSA) is 126 Å². The van der Waals surface area contributed by atoms with Crippen molar-refractivity contribution in [2.24, 2.45) is 5.10 Å². The van der Waals surface area contributed by atoms with Crippen molar-refractivity contribution in [1.82, 2.24) is 10.4 Å². The van der Waals surface area contributed by atoms with Gasteiger partial charge in [0.25, 0.3) is 5.91 Å². The first-order valence-corrected chi connectivity index (χ1v) is 10.5. The Bertz CT molecular complexity index is 1040. The number of phenolic OH excluding ortho intramolecular Hbond substituents is 1. The minimum Gasteiger partial charge on any atom is -0.504 e. The first-order valence-electron chi connectivity index (χ1n) is 8.88. The number of carbonyl (C=O) groups is 1. The fourth-order valence-corrected chi connectivity index (χ4v) is 3.47. The second kappa shape index (κ2) is 11.6. The van der Waals surface area contributed by atoms with Crippen molar-refractivity contribution in [3.8, 4) is 23.4 Å². The van der Waals surface area contributed by atoms with Gasteiger partial charge in [-0.05, 0) is 35.0 Å². The van der Waals surface area contributed by atoms with Crippen molar-refractivity contribution >= 4 is 44.0 Å². The molecule has 31 heavy (non-hydrogen) atoms. The lowest BCUT2D eigenvalue weighted by Crippen LogP contribution is -2.25. The normalized spacial score (nSPS) is 10.7. The zero-order chi connectivity index (χ0) is 23.0. The predicted octanol–water partition coefficient (Wildman–Crippen LogP) is 3.37. The molecular formula is C20H20Br2N4O5. The minimum absolute atomic E-state index is 0.000566. The van der Waals surface area contributed by atoms with E-state index >= 15 is 0 Å². The fourth-order valence-electron chi connectivity index (χ4n) is 2.58. The summed E-state index contributed by atoms with van der Waals surface area (Å²) in [5.41, 5.74) is 4.28. The van der Waals surface area contributed by atoms with Crippen molar-refractivity contribution in [1.29, 1.82) is 5.26 Å². The first kappa shape index (κ1) is 24.6. The van der Waals surface area contributed by atoms with Crippen molar-refractivity contribution in [2.75, 3.05) is 20.8 Å². The van der Waals surface area contributed by atoms with Gasteiger partial charge >= 0.3 is 0 Å². The highest BCUT2D eigenvalue weighted by atomic mass is 79.9. The van der Waals surface area contributed by atoms with Crippen LogP contribution in [-0.4, -0.2) is 43.0 Å². The van der Waals surface area contributed by atoms with Gasteiger partial charge < -0.3 is 19.3 Å². The number of ether oxygens (including phenoxy) is 3. The number of hydrogen-bond acceptors (Lipinski definition) is 8. The van der Waals surface area contributed by atoms with Gasteiger partial charge in [0, 0.05) is 39.8 Å². The third-order valence-corrected chi connectivity index (χ3v) is 5.55. The maximum Gasteiger partial charge on any atom is 0.278 e. The lowest BCUT2D eigenvalue weighted by atomic mass is 10.1. The van der Waals surface area contributed by atoms with Crippen molar-refractivity contribution in [2.45, 2.75) is 20.0 Å². The van der Waals surface area contributed by atoms with E-state index in [4.69, 9.17) is 14.2 Å². The van der Waals surface area contributed by atoms with Crippen LogP contribution in [0.3, 0.4) is 0 Å². The summed E-state index contributed by atoms with van der Waals surface area (Å²) in [6.07, 6.45) is 1.69. The van der Waals surface area contributed by atoms with Gasteiger partial charge in [0.2, 0.25) is 5.88 Å². The van der Waals surface area contributed by atoms with E-state index in [0.29, 0.717) is 27.0 Å². The minimum atomic E-state index is -0.535. The monoisotopic (exact) mass is 554 g/mol. The predicted molar refractivity (Wildman–Crippen MR) is 120 cm³/mol. The number of phenols is 1. The number of aromatic hydroxyl groups is 1. The number of nitrogens with zero attached hydrogens (tertiary/aromatic N) is 3. The third kappa shape index (κ3) is 6.40. The quantitative estimate of drug-likeness (QED) is 0.359. The summed E-state index contributed by atoms with van der Waals surface area (Å²) in [5.74, 6) is -0.166. The first-order chi connectivity index (χ1) is 14.8. The molecule has 2 N–H and O–H groups in total. The standard InChI is InChI=1S/C20H20Br2N4O5/c1-11-18(22)15(9-29-2)14(8-23)20(25-11)31-10-17(27)26-24-5-4-12-6-13(21)7-16(30-3)19(12)28/h5-7,28H,4,9-10H2,1-3H3,(H,26,27). The Kier molecular flexibility index (Phi) is 9.23. The van der Waals surface area contributed by atoms with E-state index in [1.807, 2.05) is 6.07 Å². The molecule has 1 amide bonds. The Hall–Kier alpha value is -2.68. The molecule has 0 aliphatic heterocycles. The average molecular weight is 556 g/mol. The molecule has 0 aliphatic carbocycles. The van der Waals surface area contributed by atoms with Crippen molar-refractivity contribution < 1.29 is 24.1 Å². The number of carbonyl (C=O) groups excluding carboxylic acids is 1. The number of amides is 1. The summed E-state index contributed by atoms with van der Waals surface area (Å²) in [4.78, 5) is 16.3. The zero-order valence-electron chi connectivity index (χ0n) is 17.0. The van der Waals surface area contributed by atoms with Gasteiger partial charge in [0.05, 0.1) is 19.4 Å². The molecule has 0 atom stereocenters. The number of pyridine rings is 1. The summed E-state index contributed by atoms with van der Waals surface area (Å²) in [5, 5.41) is 23.4. The number of methoxy groups -OCH3 is 2. The summed E-state index contributed by atoms with van der Waals surface area (Å²) < 4.78 is 17.0. The Labute approximate surface area is 196 Å². The van der Waals surface area contributed by atoms with Crippen LogP contribution in [0.25, 0.3) is 0 Å². The van der Waals surface area contributed by atoms with Crippen molar-refractivity contribution in [3.05, 3.63) is 43.5 Å². The smallest absolute Gasteiger partial charge is 0.278 e. The van der Waals surface area contributed by atoms with Gasteiger partial charge in [-0.2, -0.15) is 10.4 Å². The van der Waals surface area contributed by atoms with E-state index in [-0.39, 0.29) is 36.8 Å². The molecule has 0 bridgehead atoms. The number of nitriles is 1. The lowest BCUT2D eigenvalue weighted by molar-refractivity contribution is -0.123. The van der Waals surface area contributed by atoms with Crippen LogP contribution in [0.15, 0.2) is 26.2 Å². The molecule has 1 aromatic heterocycles. The zero-order valence-corrected chi connectivity index (χ0v) is 20.2. The van der Waals surface area contributed by atoms with Crippen LogP contribution in [0.4, 0.5) is 0 Å². The molecule has 11 heteroatoms. The lowest BCUT2D eigenvalue weighted by Gasteiger charge is -2.13. The van der Waals surface area contributed by atoms with E-state index in [1.54, 1.807) is 19.1 Å². The van der Waals surface area contributed by atoms with Gasteiger partial charge in [0.15, 0.2) is 18.1 Å². The van der Waals surface area contributed by atoms with E-state index in [1.165, 1.54) is 20.4 Å². The molecule has 1 heterocycles. The fraction of sp³-hybridized carbons (Fsp3) is 0.300. The number of aryl methyl sites for hydroxylation is 1. The van der Waals surface area contributed by atoms with Gasteiger partial charge in [0.1, 0.15) is 11.6 Å². The maximum atomic E-state index is 12.0. The summed E-state index contributed by atoms with van der Waals surface area (Å²) in [6.45, 7) is 1.54. The Morgan fingerprint density at radius 3 is 2.77 bits per heavy atom. The number of halogens is 2. The number of hydrazone groups is 1. The highest BCUT2D eigenvalue weighted by molar-refractivity contribution is 9.10. The highest BCUT2D eigenvalue weighted by Gasteiger charge is 2.18. The van der Waals surface area contributed by atoms with Gasteiger partial charge in [-0.25, -0.2) is 10.4 Å². The number of aromatic nitrogens is 1. The number of benzene rings is 1. The molecule has 0 fully saturated rings. The summed E-state index contributed by atoms with van der Waals surface area (Å²) >= 11 is 6.73. The van der Waals surface area contributed by atoms with Crippen LogP contribution in [0.2, 0.25) is 0 Å². The van der Waals surface area contributed by atoms with Crippen molar-refractivity contribution in [3.63, 3.8) is 0 Å². The van der Waals surface area contributed by atoms with E-state index in [0.717, 1.165) is 4.47 Å². The molecule has 0 aliphatic rings. The molecule has 164 valence electrons. The molecular weight excluding hydrogens is 536 g/mol. The highest BCUT2D eigenvalue weighted by Crippen LogP contribution is 2.33. The Balaban J connectivity index is 1.99. The number of rotatable bonds is 9. The molecule has 2 rings (SSSR count). The van der Waals surface area contributed by atoms with Crippen LogP contribution in [0, 0.1) is 18.3 Å². The second-order valence-electron chi connectivity index (χ2n) is 6.17. The van der Waals surface area contributed by atoms with Crippen LogP contribution in [0.1, 0.15) is 22.4 Å². The summed E-state index contributed by atoms with van der Waals surface area (Å²) in [6, 6.07) is 5.39. The van der Waals surface area contributed by atoms with Crippen LogP contribution in [-0.2, 0) is 22.6 Å². The van der Waals surface area contributed by atoms with Crippen LogP contribution < -0.4 is 14.9 Å². The van der Waals surface area contributed by atoms with Gasteiger partial charge in [-0.1, -0.05) is 15.9 Å². The largest absolute Gasteiger partial charge is 0.504 e. The maximum absolute atomic E-state index is 12.0. The Morgan fingerprint density at radius 2 is 2.13 bits per heavy atom. The van der Waals surface area contributed by atoms with E-state index in [9.17, 15) is 15.2 Å². The summed E-state index contributed by atoms with van der Waals surface area (Å²) in [7, 11) is 2.97. The number of hydrogen-bond donors (Lipinski definition) is 2. The third-order valence-electron chi connectivity index (χ3n) is 4.04. The average Bonchev–Trinajstić information content (AvgIpc) is 2.75. The van der Waals surface area contributed by atoms with Crippen LogP contribution in [0.5, 0.6) is 17.4 Å². The molecule has 2 aromatic rings. The SMILES string of the molecule is COCc1c(Br)c(C)nc(OCC(=O)NN=CCc2cc(Br)cc(OC)c2O)c1C#N. The molecule has 9 nitrogen and oxygen atoms in total.